The molecule has 0 unspecified atom stereocenters. The van der Waals surface area contributed by atoms with Crippen molar-refractivity contribution in [1.29, 1.82) is 0 Å². The van der Waals surface area contributed by atoms with E-state index < -0.39 is 0 Å². The van der Waals surface area contributed by atoms with Gasteiger partial charge in [0.25, 0.3) is 5.91 Å². The number of halogens is 1. The number of carbonyl (C=O) groups is 1. The Hall–Kier alpha value is -0.500. The first-order chi connectivity index (χ1) is 4.59. The summed E-state index contributed by atoms with van der Waals surface area (Å²) in [6.45, 7) is 6.06. The van der Waals surface area contributed by atoms with Gasteiger partial charge in [0.05, 0.1) is 5.03 Å². The van der Waals surface area contributed by atoms with Gasteiger partial charge in [-0.1, -0.05) is 25.1 Å². The van der Waals surface area contributed by atoms with Gasteiger partial charge in [0.1, 0.15) is 0 Å². The average molecular weight is 162 g/mol. The minimum atomic E-state index is -0.191. The molecule has 0 aromatic carbocycles. The SMILES string of the molecule is C=C(Cl)C(=O)N(C)CCC. The van der Waals surface area contributed by atoms with Crippen LogP contribution in [0.25, 0.3) is 0 Å². The van der Waals surface area contributed by atoms with Crippen molar-refractivity contribution in [2.24, 2.45) is 0 Å². The minimum Gasteiger partial charge on any atom is -0.341 e. The van der Waals surface area contributed by atoms with E-state index in [2.05, 4.69) is 6.58 Å². The summed E-state index contributed by atoms with van der Waals surface area (Å²) in [6, 6.07) is 0. The molecule has 0 aromatic heterocycles. The molecule has 0 radical (unpaired) electrons. The highest BCUT2D eigenvalue weighted by Gasteiger charge is 2.08. The van der Waals surface area contributed by atoms with Gasteiger partial charge in [-0.15, -0.1) is 0 Å². The van der Waals surface area contributed by atoms with Gasteiger partial charge in [-0.3, -0.25) is 4.79 Å². The summed E-state index contributed by atoms with van der Waals surface area (Å²) in [4.78, 5) is 12.5. The lowest BCUT2D eigenvalue weighted by Crippen LogP contribution is -2.26. The highest BCUT2D eigenvalue weighted by molar-refractivity contribution is 6.41. The number of carbonyl (C=O) groups excluding carboxylic acids is 1. The van der Waals surface area contributed by atoms with Gasteiger partial charge in [-0.05, 0) is 6.42 Å². The number of rotatable bonds is 3. The van der Waals surface area contributed by atoms with Crippen LogP contribution < -0.4 is 0 Å². The van der Waals surface area contributed by atoms with Crippen LogP contribution in [0.2, 0.25) is 0 Å². The summed E-state index contributed by atoms with van der Waals surface area (Å²) < 4.78 is 0. The second-order valence-corrected chi connectivity index (χ2v) is 2.59. The van der Waals surface area contributed by atoms with Crippen LogP contribution >= 0.6 is 11.6 Å². The topological polar surface area (TPSA) is 20.3 Å². The third kappa shape index (κ3) is 2.87. The molecule has 0 fully saturated rings. The molecule has 0 aromatic rings. The zero-order valence-corrected chi connectivity index (χ0v) is 7.11. The van der Waals surface area contributed by atoms with Gasteiger partial charge in [0, 0.05) is 13.6 Å². The molecule has 0 aliphatic heterocycles. The monoisotopic (exact) mass is 161 g/mol. The van der Waals surface area contributed by atoms with Crippen molar-refractivity contribution in [3.05, 3.63) is 11.6 Å². The van der Waals surface area contributed by atoms with Gasteiger partial charge in [0.2, 0.25) is 0 Å². The zero-order valence-electron chi connectivity index (χ0n) is 6.35. The molecule has 10 heavy (non-hydrogen) atoms. The van der Waals surface area contributed by atoms with E-state index in [1.807, 2.05) is 6.92 Å². The Morgan fingerprint density at radius 3 is 2.50 bits per heavy atom. The molecule has 1 amide bonds. The van der Waals surface area contributed by atoms with Gasteiger partial charge >= 0.3 is 0 Å². The second-order valence-electron chi connectivity index (χ2n) is 2.13. The van der Waals surface area contributed by atoms with Gasteiger partial charge < -0.3 is 4.90 Å². The Kier molecular flexibility index (Phi) is 4.12. The standard InChI is InChI=1S/C7H12ClNO/c1-4-5-9(3)7(10)6(2)8/h2,4-5H2,1,3H3. The normalized spacial score (nSPS) is 9.10. The molecule has 58 valence electrons. The smallest absolute Gasteiger partial charge is 0.264 e. The van der Waals surface area contributed by atoms with Crippen LogP contribution in [0.1, 0.15) is 13.3 Å². The maximum atomic E-state index is 10.9. The molecule has 0 spiro atoms. The van der Waals surface area contributed by atoms with Crippen LogP contribution in [0.5, 0.6) is 0 Å². The second kappa shape index (κ2) is 4.34. The minimum absolute atomic E-state index is 0.0796. The largest absolute Gasteiger partial charge is 0.341 e. The number of amides is 1. The molecule has 0 saturated heterocycles. The van der Waals surface area contributed by atoms with Gasteiger partial charge in [-0.25, -0.2) is 0 Å². The van der Waals surface area contributed by atoms with Crippen molar-refractivity contribution in [2.45, 2.75) is 13.3 Å². The van der Waals surface area contributed by atoms with Crippen molar-refractivity contribution in [2.75, 3.05) is 13.6 Å². The third-order valence-corrected chi connectivity index (χ3v) is 1.30. The summed E-state index contributed by atoms with van der Waals surface area (Å²) in [7, 11) is 1.71. The molecular formula is C7H12ClNO. The molecule has 2 nitrogen and oxygen atoms in total. The maximum Gasteiger partial charge on any atom is 0.264 e. The first kappa shape index (κ1) is 9.50. The number of nitrogens with zero attached hydrogens (tertiary/aromatic N) is 1. The van der Waals surface area contributed by atoms with Crippen LogP contribution in [0.15, 0.2) is 11.6 Å². The highest BCUT2D eigenvalue weighted by Crippen LogP contribution is 2.01. The van der Waals surface area contributed by atoms with E-state index in [-0.39, 0.29) is 10.9 Å². The zero-order chi connectivity index (χ0) is 8.15. The molecule has 0 bridgehead atoms. The molecule has 3 heteroatoms. The predicted octanol–water partition coefficient (Wildman–Crippen LogP) is 1.61. The van der Waals surface area contributed by atoms with Crippen molar-refractivity contribution in [1.82, 2.24) is 4.90 Å². The lowest BCUT2D eigenvalue weighted by molar-refractivity contribution is -0.125. The molecule has 0 aliphatic carbocycles. The van der Waals surface area contributed by atoms with Crippen LogP contribution in [-0.2, 0) is 4.79 Å². The molecule has 0 atom stereocenters. The fourth-order valence-electron chi connectivity index (χ4n) is 0.644. The van der Waals surface area contributed by atoms with E-state index >= 15 is 0 Å². The Balaban J connectivity index is 3.82. The van der Waals surface area contributed by atoms with Crippen LogP contribution in [0.4, 0.5) is 0 Å². The van der Waals surface area contributed by atoms with Crippen molar-refractivity contribution >= 4 is 17.5 Å². The molecular weight excluding hydrogens is 150 g/mol. The quantitative estimate of drug-likeness (QED) is 0.576. The molecule has 0 rings (SSSR count). The van der Waals surface area contributed by atoms with E-state index in [9.17, 15) is 4.79 Å². The highest BCUT2D eigenvalue weighted by atomic mass is 35.5. The van der Waals surface area contributed by atoms with Crippen molar-refractivity contribution in [3.8, 4) is 0 Å². The summed E-state index contributed by atoms with van der Waals surface area (Å²) >= 11 is 5.37. The van der Waals surface area contributed by atoms with Crippen molar-refractivity contribution < 1.29 is 4.79 Å². The third-order valence-electron chi connectivity index (χ3n) is 1.14. The summed E-state index contributed by atoms with van der Waals surface area (Å²) in [5.41, 5.74) is 0. The van der Waals surface area contributed by atoms with E-state index in [0.717, 1.165) is 13.0 Å². The van der Waals surface area contributed by atoms with Crippen molar-refractivity contribution in [3.63, 3.8) is 0 Å². The summed E-state index contributed by atoms with van der Waals surface area (Å²) in [6.07, 6.45) is 0.937. The number of likely N-dealkylation sites (N-methyl/N-ethyl adjacent to an activating group) is 1. The van der Waals surface area contributed by atoms with Crippen LogP contribution in [0, 0.1) is 0 Å². The molecule has 0 heterocycles. The first-order valence-corrected chi connectivity index (χ1v) is 3.57. The molecule has 0 saturated carbocycles. The fourth-order valence-corrected chi connectivity index (χ4v) is 0.788. The van der Waals surface area contributed by atoms with Crippen LogP contribution in [0.3, 0.4) is 0 Å². The first-order valence-electron chi connectivity index (χ1n) is 3.19. The molecule has 0 N–H and O–H groups in total. The van der Waals surface area contributed by atoms with E-state index in [4.69, 9.17) is 11.6 Å². The van der Waals surface area contributed by atoms with Gasteiger partial charge in [-0.2, -0.15) is 0 Å². The Morgan fingerprint density at radius 2 is 2.20 bits per heavy atom. The summed E-state index contributed by atoms with van der Waals surface area (Å²) in [5, 5.41) is 0.0796. The fraction of sp³-hybridized carbons (Fsp3) is 0.571. The lowest BCUT2D eigenvalue weighted by atomic mass is 10.4. The van der Waals surface area contributed by atoms with Gasteiger partial charge in [0.15, 0.2) is 0 Å². The number of hydrogen-bond donors (Lipinski definition) is 0. The van der Waals surface area contributed by atoms with E-state index in [1.165, 1.54) is 0 Å². The summed E-state index contributed by atoms with van der Waals surface area (Å²) in [5.74, 6) is -0.191. The van der Waals surface area contributed by atoms with E-state index in [1.54, 1.807) is 11.9 Å². The molecule has 0 aliphatic rings. The Labute approximate surface area is 66.5 Å². The van der Waals surface area contributed by atoms with E-state index in [0.29, 0.717) is 0 Å². The average Bonchev–Trinajstić information content (AvgIpc) is 1.87. The number of hydrogen-bond acceptors (Lipinski definition) is 1. The maximum absolute atomic E-state index is 10.9. The Bertz CT molecular complexity index is 145. The Morgan fingerprint density at radius 1 is 1.70 bits per heavy atom. The van der Waals surface area contributed by atoms with Crippen LogP contribution in [-0.4, -0.2) is 24.4 Å². The predicted molar refractivity (Wildman–Crippen MR) is 42.9 cm³/mol. The lowest BCUT2D eigenvalue weighted by Gasteiger charge is -2.14.